The van der Waals surface area contributed by atoms with E-state index in [4.69, 9.17) is 4.74 Å². The molecule has 0 saturated heterocycles. The first kappa shape index (κ1) is 17.8. The molecule has 4 rings (SSSR count). The molecule has 1 fully saturated rings. The molecule has 6 heteroatoms. The number of aromatic nitrogens is 3. The monoisotopic (exact) mass is 379 g/mol. The highest BCUT2D eigenvalue weighted by Crippen LogP contribution is 2.35. The fourth-order valence-electron chi connectivity index (χ4n) is 3.25. The lowest BCUT2D eigenvalue weighted by molar-refractivity contribution is -0.116. The van der Waals surface area contributed by atoms with E-state index >= 15 is 0 Å². The highest BCUT2D eigenvalue weighted by atomic mass is 32.2. The van der Waals surface area contributed by atoms with E-state index in [1.807, 2.05) is 66.1 Å². The predicted octanol–water partition coefficient (Wildman–Crippen LogP) is 4.55. The maximum absolute atomic E-state index is 12.1. The van der Waals surface area contributed by atoms with E-state index in [1.165, 1.54) is 11.8 Å². The van der Waals surface area contributed by atoms with Crippen molar-refractivity contribution in [2.24, 2.45) is 0 Å². The number of Topliss-reactive ketones (excluding diaryl/α,β-unsaturated/α-hetero) is 1. The van der Waals surface area contributed by atoms with Crippen molar-refractivity contribution in [1.82, 2.24) is 14.8 Å². The second-order valence-corrected chi connectivity index (χ2v) is 7.57. The maximum atomic E-state index is 12.1. The smallest absolute Gasteiger partial charge is 0.196 e. The predicted molar refractivity (Wildman–Crippen MR) is 106 cm³/mol. The average Bonchev–Trinajstić information content (AvgIpc) is 3.30. The van der Waals surface area contributed by atoms with Gasteiger partial charge in [-0.05, 0) is 44.0 Å². The Kier molecular flexibility index (Phi) is 5.25. The van der Waals surface area contributed by atoms with E-state index in [9.17, 15) is 4.79 Å². The lowest BCUT2D eigenvalue weighted by Crippen LogP contribution is -2.10. The van der Waals surface area contributed by atoms with Crippen LogP contribution in [0.25, 0.3) is 17.1 Å². The Hall–Kier alpha value is -2.60. The van der Waals surface area contributed by atoms with Crippen molar-refractivity contribution in [3.05, 3.63) is 54.6 Å². The van der Waals surface area contributed by atoms with Crippen LogP contribution in [0.1, 0.15) is 26.2 Å². The number of hydrogen-bond acceptors (Lipinski definition) is 5. The third-order valence-corrected chi connectivity index (χ3v) is 5.83. The van der Waals surface area contributed by atoms with E-state index in [0.29, 0.717) is 18.8 Å². The van der Waals surface area contributed by atoms with Crippen molar-refractivity contribution in [3.8, 4) is 22.8 Å². The van der Waals surface area contributed by atoms with Crippen LogP contribution in [0, 0.1) is 0 Å². The number of thioether (sulfide) groups is 1. The number of hydrogen-bond donors (Lipinski definition) is 0. The molecule has 1 aliphatic carbocycles. The molecule has 0 N–H and O–H groups in total. The zero-order chi connectivity index (χ0) is 18.6. The van der Waals surface area contributed by atoms with Gasteiger partial charge in [0.2, 0.25) is 0 Å². The van der Waals surface area contributed by atoms with Gasteiger partial charge in [-0.2, -0.15) is 0 Å². The van der Waals surface area contributed by atoms with E-state index in [-0.39, 0.29) is 5.25 Å². The third-order valence-electron chi connectivity index (χ3n) is 4.57. The maximum Gasteiger partial charge on any atom is 0.196 e. The Morgan fingerprint density at radius 1 is 1.11 bits per heavy atom. The van der Waals surface area contributed by atoms with Crippen LogP contribution in [-0.2, 0) is 4.79 Å². The zero-order valence-corrected chi connectivity index (χ0v) is 16.0. The Balaban J connectivity index is 1.75. The molecule has 5 nitrogen and oxygen atoms in total. The van der Waals surface area contributed by atoms with Gasteiger partial charge in [0.1, 0.15) is 11.5 Å². The number of nitrogens with zero attached hydrogens (tertiary/aromatic N) is 3. The number of rotatable bonds is 6. The molecule has 0 unspecified atom stereocenters. The normalized spacial score (nSPS) is 16.6. The standard InChI is InChI=1S/C21H21N3O2S/c1-2-26-17-13-11-16(12-14-17)24-20(15-7-4-3-5-8-15)22-23-21(24)27-19-10-6-9-18(19)25/h3-5,7-8,11-14,19H,2,6,9-10H2,1H3/t19-/m1/s1. The summed E-state index contributed by atoms with van der Waals surface area (Å²) in [6.07, 6.45) is 2.53. The summed E-state index contributed by atoms with van der Waals surface area (Å²) < 4.78 is 7.58. The van der Waals surface area contributed by atoms with Gasteiger partial charge in [-0.1, -0.05) is 42.1 Å². The Bertz CT molecular complexity index is 922. The number of benzene rings is 2. The molecule has 1 aromatic heterocycles. The van der Waals surface area contributed by atoms with Crippen molar-refractivity contribution in [3.63, 3.8) is 0 Å². The first-order chi connectivity index (χ1) is 13.3. The van der Waals surface area contributed by atoms with Crippen LogP contribution >= 0.6 is 11.8 Å². The summed E-state index contributed by atoms with van der Waals surface area (Å²) in [5, 5.41) is 9.58. The molecule has 0 spiro atoms. The van der Waals surface area contributed by atoms with Gasteiger partial charge < -0.3 is 4.74 Å². The highest BCUT2D eigenvalue weighted by Gasteiger charge is 2.28. The summed E-state index contributed by atoms with van der Waals surface area (Å²) in [6.45, 7) is 2.60. The SMILES string of the molecule is CCOc1ccc(-n2c(S[C@@H]3CCCC3=O)nnc2-c2ccccc2)cc1. The Morgan fingerprint density at radius 3 is 2.56 bits per heavy atom. The lowest BCUT2D eigenvalue weighted by Gasteiger charge is -2.13. The van der Waals surface area contributed by atoms with Gasteiger partial charge in [-0.15, -0.1) is 10.2 Å². The quantitative estimate of drug-likeness (QED) is 0.629. The molecule has 0 aliphatic heterocycles. The van der Waals surface area contributed by atoms with E-state index in [1.54, 1.807) is 0 Å². The highest BCUT2D eigenvalue weighted by molar-refractivity contribution is 8.00. The molecule has 2 aromatic carbocycles. The van der Waals surface area contributed by atoms with Gasteiger partial charge in [-0.3, -0.25) is 9.36 Å². The van der Waals surface area contributed by atoms with Crippen LogP contribution in [0.5, 0.6) is 5.75 Å². The molecule has 27 heavy (non-hydrogen) atoms. The first-order valence-electron chi connectivity index (χ1n) is 9.19. The molecule has 1 saturated carbocycles. The molecule has 138 valence electrons. The minimum Gasteiger partial charge on any atom is -0.494 e. The molecular weight excluding hydrogens is 358 g/mol. The summed E-state index contributed by atoms with van der Waals surface area (Å²) in [6, 6.07) is 17.9. The van der Waals surface area contributed by atoms with Gasteiger partial charge in [0.05, 0.1) is 11.9 Å². The van der Waals surface area contributed by atoms with Crippen LogP contribution in [0.3, 0.4) is 0 Å². The van der Waals surface area contributed by atoms with Crippen molar-refractivity contribution in [2.75, 3.05) is 6.61 Å². The molecule has 3 aromatic rings. The van der Waals surface area contributed by atoms with Gasteiger partial charge in [0.15, 0.2) is 11.0 Å². The Labute approximate surface area is 162 Å². The lowest BCUT2D eigenvalue weighted by atomic mass is 10.2. The summed E-state index contributed by atoms with van der Waals surface area (Å²) >= 11 is 1.52. The van der Waals surface area contributed by atoms with E-state index < -0.39 is 0 Å². The first-order valence-corrected chi connectivity index (χ1v) is 10.1. The Morgan fingerprint density at radius 2 is 1.89 bits per heavy atom. The average molecular weight is 379 g/mol. The van der Waals surface area contributed by atoms with Gasteiger partial charge in [-0.25, -0.2) is 0 Å². The summed E-state index contributed by atoms with van der Waals surface area (Å²) in [5.74, 6) is 1.91. The van der Waals surface area contributed by atoms with Crippen molar-refractivity contribution >= 4 is 17.5 Å². The second kappa shape index (κ2) is 7.96. The summed E-state index contributed by atoms with van der Waals surface area (Å²) in [5.41, 5.74) is 1.94. The van der Waals surface area contributed by atoms with Gasteiger partial charge >= 0.3 is 0 Å². The van der Waals surface area contributed by atoms with Crippen LogP contribution in [-0.4, -0.2) is 32.4 Å². The zero-order valence-electron chi connectivity index (χ0n) is 15.2. The minimum absolute atomic E-state index is 0.0285. The molecular formula is C21H21N3O2S. The van der Waals surface area contributed by atoms with Crippen LogP contribution in [0.4, 0.5) is 0 Å². The summed E-state index contributed by atoms with van der Waals surface area (Å²) in [7, 11) is 0. The largest absolute Gasteiger partial charge is 0.494 e. The van der Waals surface area contributed by atoms with Crippen molar-refractivity contribution < 1.29 is 9.53 Å². The van der Waals surface area contributed by atoms with Crippen LogP contribution in [0.2, 0.25) is 0 Å². The van der Waals surface area contributed by atoms with E-state index in [2.05, 4.69) is 10.2 Å². The molecule has 0 bridgehead atoms. The molecule has 1 atom stereocenters. The summed E-state index contributed by atoms with van der Waals surface area (Å²) in [4.78, 5) is 12.1. The number of carbonyl (C=O) groups is 1. The van der Waals surface area contributed by atoms with Gasteiger partial charge in [0, 0.05) is 17.7 Å². The molecule has 0 amide bonds. The molecule has 1 heterocycles. The minimum atomic E-state index is -0.0285. The number of ether oxygens (including phenoxy) is 1. The van der Waals surface area contributed by atoms with E-state index in [0.717, 1.165) is 40.8 Å². The van der Waals surface area contributed by atoms with Gasteiger partial charge in [0.25, 0.3) is 0 Å². The number of ketones is 1. The third kappa shape index (κ3) is 3.76. The van der Waals surface area contributed by atoms with Crippen LogP contribution < -0.4 is 4.74 Å². The topological polar surface area (TPSA) is 57.0 Å². The van der Waals surface area contributed by atoms with Crippen molar-refractivity contribution in [2.45, 2.75) is 36.6 Å². The number of carbonyl (C=O) groups excluding carboxylic acids is 1. The second-order valence-electron chi connectivity index (χ2n) is 6.40. The fraction of sp³-hybridized carbons (Fsp3) is 0.286. The fourth-order valence-corrected chi connectivity index (χ4v) is 4.42. The van der Waals surface area contributed by atoms with Crippen LogP contribution in [0.15, 0.2) is 59.8 Å². The molecule has 1 aliphatic rings. The van der Waals surface area contributed by atoms with Crippen molar-refractivity contribution in [1.29, 1.82) is 0 Å². The molecule has 0 radical (unpaired) electrons.